The third-order valence-electron chi connectivity index (χ3n) is 3.30. The minimum Gasteiger partial charge on any atom is -0.346 e. The molecule has 2 atom stereocenters. The van der Waals surface area contributed by atoms with E-state index in [1.807, 2.05) is 10.2 Å². The molecule has 0 bridgehead atoms. The van der Waals surface area contributed by atoms with Gasteiger partial charge in [0, 0.05) is 12.6 Å². The maximum Gasteiger partial charge on any atom is 0.405 e. The van der Waals surface area contributed by atoms with Crippen LogP contribution in [0.25, 0.3) is 0 Å². The van der Waals surface area contributed by atoms with Crippen molar-refractivity contribution in [3.63, 3.8) is 0 Å². The molecule has 7 heteroatoms. The van der Waals surface area contributed by atoms with Crippen LogP contribution in [0.2, 0.25) is 0 Å². The molecule has 1 rings (SSSR count). The molecule has 1 saturated heterocycles. The van der Waals surface area contributed by atoms with Gasteiger partial charge in [-0.15, -0.1) is 0 Å². The molecule has 1 aliphatic heterocycles. The van der Waals surface area contributed by atoms with E-state index in [9.17, 15) is 18.0 Å². The van der Waals surface area contributed by atoms with Gasteiger partial charge >= 0.3 is 6.18 Å². The first-order chi connectivity index (χ1) is 8.33. The average Bonchev–Trinajstić information content (AvgIpc) is 2.26. The molecule has 2 unspecified atom stereocenters. The third-order valence-corrected chi connectivity index (χ3v) is 3.30. The van der Waals surface area contributed by atoms with E-state index in [0.29, 0.717) is 19.0 Å². The van der Waals surface area contributed by atoms with Crippen LogP contribution < -0.4 is 11.1 Å². The molecule has 0 aromatic rings. The lowest BCUT2D eigenvalue weighted by Crippen LogP contribution is -2.52. The van der Waals surface area contributed by atoms with Crippen molar-refractivity contribution in [2.75, 3.05) is 26.2 Å². The molecule has 18 heavy (non-hydrogen) atoms. The summed E-state index contributed by atoms with van der Waals surface area (Å²) in [5.74, 6) is -0.223. The fourth-order valence-electron chi connectivity index (χ4n) is 2.35. The number of amides is 1. The van der Waals surface area contributed by atoms with Crippen molar-refractivity contribution in [1.29, 1.82) is 0 Å². The summed E-state index contributed by atoms with van der Waals surface area (Å²) in [5, 5.41) is 1.88. The number of nitrogens with two attached hydrogens (primary N) is 1. The van der Waals surface area contributed by atoms with Gasteiger partial charge in [-0.2, -0.15) is 13.2 Å². The van der Waals surface area contributed by atoms with Crippen molar-refractivity contribution in [1.82, 2.24) is 10.2 Å². The number of nitrogens with zero attached hydrogens (tertiary/aromatic N) is 1. The smallest absolute Gasteiger partial charge is 0.346 e. The lowest BCUT2D eigenvalue weighted by Gasteiger charge is -2.38. The van der Waals surface area contributed by atoms with Gasteiger partial charge in [0.1, 0.15) is 6.54 Å². The topological polar surface area (TPSA) is 58.4 Å². The van der Waals surface area contributed by atoms with Crippen molar-refractivity contribution in [3.05, 3.63) is 0 Å². The highest BCUT2D eigenvalue weighted by Crippen LogP contribution is 2.22. The summed E-state index contributed by atoms with van der Waals surface area (Å²) >= 11 is 0. The Kier molecular flexibility index (Phi) is 5.40. The highest BCUT2D eigenvalue weighted by molar-refractivity contribution is 5.78. The molecular formula is C11H20F3N3O. The van der Waals surface area contributed by atoms with Crippen molar-refractivity contribution in [3.8, 4) is 0 Å². The normalized spacial score (nSPS) is 26.1. The fraction of sp³-hybridized carbons (Fsp3) is 0.909. The second kappa shape index (κ2) is 6.38. The lowest BCUT2D eigenvalue weighted by molar-refractivity contribution is -0.139. The lowest BCUT2D eigenvalue weighted by atomic mass is 9.91. The highest BCUT2D eigenvalue weighted by Gasteiger charge is 2.31. The van der Waals surface area contributed by atoms with Crippen LogP contribution in [0.3, 0.4) is 0 Å². The molecule has 106 valence electrons. The van der Waals surface area contributed by atoms with Gasteiger partial charge in [0.15, 0.2) is 0 Å². The van der Waals surface area contributed by atoms with Gasteiger partial charge in [-0.25, -0.2) is 0 Å². The summed E-state index contributed by atoms with van der Waals surface area (Å²) in [6.07, 6.45) is -2.37. The highest BCUT2D eigenvalue weighted by atomic mass is 19.4. The minimum absolute atomic E-state index is 0.0116. The predicted molar refractivity (Wildman–Crippen MR) is 61.9 cm³/mol. The molecule has 3 N–H and O–H groups in total. The Morgan fingerprint density at radius 1 is 1.50 bits per heavy atom. The summed E-state index contributed by atoms with van der Waals surface area (Å²) < 4.78 is 35.9. The van der Waals surface area contributed by atoms with E-state index in [4.69, 9.17) is 5.73 Å². The number of hydrogen-bond donors (Lipinski definition) is 2. The number of nitrogens with one attached hydrogen (secondary N) is 1. The number of carbonyl (C=O) groups excluding carboxylic acids is 1. The quantitative estimate of drug-likeness (QED) is 0.789. The summed E-state index contributed by atoms with van der Waals surface area (Å²) in [7, 11) is 0. The van der Waals surface area contributed by atoms with Crippen molar-refractivity contribution in [2.45, 2.75) is 32.0 Å². The molecular weight excluding hydrogens is 247 g/mol. The van der Waals surface area contributed by atoms with Gasteiger partial charge in [0.05, 0.1) is 6.54 Å². The Balaban J connectivity index is 2.42. The first-order valence-electron chi connectivity index (χ1n) is 6.11. The largest absolute Gasteiger partial charge is 0.405 e. The summed E-state index contributed by atoms with van der Waals surface area (Å²) in [4.78, 5) is 13.3. The van der Waals surface area contributed by atoms with Gasteiger partial charge in [0.25, 0.3) is 0 Å². The van der Waals surface area contributed by atoms with E-state index in [1.54, 1.807) is 0 Å². The van der Waals surface area contributed by atoms with Gasteiger partial charge in [0.2, 0.25) is 5.91 Å². The molecule has 4 nitrogen and oxygen atoms in total. The average molecular weight is 267 g/mol. The van der Waals surface area contributed by atoms with Crippen LogP contribution in [0.5, 0.6) is 0 Å². The van der Waals surface area contributed by atoms with Crippen LogP contribution in [-0.4, -0.2) is 49.2 Å². The predicted octanol–water partition coefficient (Wildman–Crippen LogP) is 0.724. The first kappa shape index (κ1) is 15.2. The number of hydrogen-bond acceptors (Lipinski definition) is 3. The Bertz CT molecular complexity index is 283. The zero-order valence-corrected chi connectivity index (χ0v) is 10.5. The zero-order valence-electron chi connectivity index (χ0n) is 10.5. The zero-order chi connectivity index (χ0) is 13.8. The van der Waals surface area contributed by atoms with E-state index in [-0.39, 0.29) is 12.6 Å². The molecule has 0 aliphatic carbocycles. The number of piperidine rings is 1. The molecule has 0 spiro atoms. The Hall–Kier alpha value is -0.820. The second-order valence-electron chi connectivity index (χ2n) is 4.78. The Labute approximate surface area is 105 Å². The molecule has 1 amide bonds. The molecule has 1 aliphatic rings. The maximum atomic E-state index is 12.0. The van der Waals surface area contributed by atoms with Gasteiger partial charge in [-0.1, -0.05) is 6.92 Å². The van der Waals surface area contributed by atoms with Gasteiger partial charge in [-0.05, 0) is 25.3 Å². The minimum atomic E-state index is -4.36. The molecule has 0 aromatic heterocycles. The first-order valence-corrected chi connectivity index (χ1v) is 6.11. The monoisotopic (exact) mass is 267 g/mol. The summed E-state index contributed by atoms with van der Waals surface area (Å²) in [6.45, 7) is 1.90. The Morgan fingerprint density at radius 2 is 2.17 bits per heavy atom. The number of carbonyl (C=O) groups is 1. The van der Waals surface area contributed by atoms with Gasteiger partial charge in [-0.3, -0.25) is 9.69 Å². The number of rotatable bonds is 4. The van der Waals surface area contributed by atoms with E-state index in [0.717, 1.165) is 12.8 Å². The second-order valence-corrected chi connectivity index (χ2v) is 4.78. The van der Waals surface area contributed by atoms with Crippen LogP contribution >= 0.6 is 0 Å². The summed E-state index contributed by atoms with van der Waals surface area (Å²) in [5.41, 5.74) is 5.65. The van der Waals surface area contributed by atoms with Gasteiger partial charge < -0.3 is 11.1 Å². The van der Waals surface area contributed by atoms with E-state index < -0.39 is 18.6 Å². The van der Waals surface area contributed by atoms with Crippen molar-refractivity contribution >= 4 is 5.91 Å². The van der Waals surface area contributed by atoms with Crippen LogP contribution in [-0.2, 0) is 4.79 Å². The number of likely N-dealkylation sites (tertiary alicyclic amines) is 1. The van der Waals surface area contributed by atoms with Crippen molar-refractivity contribution in [2.24, 2.45) is 11.7 Å². The van der Waals surface area contributed by atoms with E-state index >= 15 is 0 Å². The van der Waals surface area contributed by atoms with E-state index in [2.05, 4.69) is 6.92 Å². The van der Waals surface area contributed by atoms with Crippen LogP contribution in [0, 0.1) is 5.92 Å². The molecule has 1 heterocycles. The van der Waals surface area contributed by atoms with Crippen LogP contribution in [0.1, 0.15) is 19.8 Å². The van der Waals surface area contributed by atoms with E-state index in [1.165, 1.54) is 0 Å². The standard InChI is InChI=1S/C11H20F3N3O/c1-8-3-2-4-17(9(8)5-15)6-10(18)16-7-11(12,13)14/h8-9H,2-7,15H2,1H3,(H,16,18). The third kappa shape index (κ3) is 4.81. The summed E-state index contributed by atoms with van der Waals surface area (Å²) in [6, 6.07) is 0.0791. The fourth-order valence-corrected chi connectivity index (χ4v) is 2.35. The SMILES string of the molecule is CC1CCCN(CC(=O)NCC(F)(F)F)C1CN. The number of alkyl halides is 3. The van der Waals surface area contributed by atoms with Crippen LogP contribution in [0.15, 0.2) is 0 Å². The Morgan fingerprint density at radius 3 is 2.72 bits per heavy atom. The molecule has 0 radical (unpaired) electrons. The maximum absolute atomic E-state index is 12.0. The molecule has 1 fully saturated rings. The van der Waals surface area contributed by atoms with Crippen LogP contribution in [0.4, 0.5) is 13.2 Å². The molecule has 0 aromatic carbocycles. The van der Waals surface area contributed by atoms with Crippen molar-refractivity contribution < 1.29 is 18.0 Å². The molecule has 0 saturated carbocycles. The number of halogens is 3.